The summed E-state index contributed by atoms with van der Waals surface area (Å²) in [6.45, 7) is 2.55. The Morgan fingerprint density at radius 1 is 1.10 bits per heavy atom. The van der Waals surface area contributed by atoms with E-state index in [0.717, 1.165) is 17.9 Å². The minimum Gasteiger partial charge on any atom is -0.494 e. The summed E-state index contributed by atoms with van der Waals surface area (Å²) in [5, 5.41) is 2.89. The molecule has 0 unspecified atom stereocenters. The summed E-state index contributed by atoms with van der Waals surface area (Å²) in [4.78, 5) is 11.9. The molecule has 1 amide bonds. The number of amides is 1. The molecule has 0 aliphatic heterocycles. The molecule has 0 heterocycles. The van der Waals surface area contributed by atoms with Gasteiger partial charge in [-0.25, -0.2) is 0 Å². The molecule has 1 N–H and O–H groups in total. The fourth-order valence-electron chi connectivity index (χ4n) is 1.96. The van der Waals surface area contributed by atoms with Crippen LogP contribution in [-0.4, -0.2) is 12.5 Å². The summed E-state index contributed by atoms with van der Waals surface area (Å²) in [6.07, 6.45) is 1.22. The van der Waals surface area contributed by atoms with Crippen LogP contribution in [0.2, 0.25) is 0 Å². The Balaban J connectivity index is 1.86. The Morgan fingerprint density at radius 3 is 2.65 bits per heavy atom. The van der Waals surface area contributed by atoms with Crippen molar-refractivity contribution in [3.63, 3.8) is 0 Å². The number of carbonyl (C=O) groups is 1. The van der Waals surface area contributed by atoms with E-state index in [1.54, 1.807) is 0 Å². The Kier molecular flexibility index (Phi) is 5.18. The zero-order chi connectivity index (χ0) is 14.2. The molecule has 0 aromatic heterocycles. The highest BCUT2D eigenvalue weighted by Crippen LogP contribution is 2.17. The Labute approximate surface area is 119 Å². The summed E-state index contributed by atoms with van der Waals surface area (Å²) in [5.74, 6) is 0.788. The highest BCUT2D eigenvalue weighted by Gasteiger charge is 2.04. The molecule has 0 spiro atoms. The van der Waals surface area contributed by atoms with E-state index in [1.807, 2.05) is 61.5 Å². The molecule has 0 aliphatic rings. The SMILES string of the molecule is CCOc1cccc(NC(=O)CCc2ccccc2)c1. The number of rotatable bonds is 6. The van der Waals surface area contributed by atoms with E-state index >= 15 is 0 Å². The summed E-state index contributed by atoms with van der Waals surface area (Å²) in [5.41, 5.74) is 1.94. The van der Waals surface area contributed by atoms with Gasteiger partial charge >= 0.3 is 0 Å². The lowest BCUT2D eigenvalue weighted by molar-refractivity contribution is -0.116. The molecular weight excluding hydrogens is 250 g/mol. The van der Waals surface area contributed by atoms with E-state index in [4.69, 9.17) is 4.74 Å². The van der Waals surface area contributed by atoms with Gasteiger partial charge in [-0.05, 0) is 31.0 Å². The molecule has 3 heteroatoms. The van der Waals surface area contributed by atoms with Gasteiger partial charge in [0.25, 0.3) is 0 Å². The van der Waals surface area contributed by atoms with Gasteiger partial charge in [-0.1, -0.05) is 36.4 Å². The van der Waals surface area contributed by atoms with Gasteiger partial charge in [0.15, 0.2) is 0 Å². The first-order chi connectivity index (χ1) is 9.78. The molecule has 0 saturated heterocycles. The van der Waals surface area contributed by atoms with Crippen LogP contribution < -0.4 is 10.1 Å². The van der Waals surface area contributed by atoms with Crippen LogP contribution in [-0.2, 0) is 11.2 Å². The molecular formula is C17H19NO2. The average molecular weight is 269 g/mol. The molecule has 2 rings (SSSR count). The van der Waals surface area contributed by atoms with Crippen LogP contribution in [0.15, 0.2) is 54.6 Å². The summed E-state index contributed by atoms with van der Waals surface area (Å²) < 4.78 is 5.41. The zero-order valence-corrected chi connectivity index (χ0v) is 11.6. The van der Waals surface area contributed by atoms with Gasteiger partial charge in [0.2, 0.25) is 5.91 Å². The third kappa shape index (κ3) is 4.43. The molecule has 2 aromatic carbocycles. The Bertz CT molecular complexity index is 552. The van der Waals surface area contributed by atoms with Crippen molar-refractivity contribution < 1.29 is 9.53 Å². The van der Waals surface area contributed by atoms with E-state index < -0.39 is 0 Å². The molecule has 0 fully saturated rings. The van der Waals surface area contributed by atoms with Crippen LogP contribution in [0.3, 0.4) is 0 Å². The molecule has 0 aliphatic carbocycles. The average Bonchev–Trinajstić information content (AvgIpc) is 2.47. The van der Waals surface area contributed by atoms with Crippen molar-refractivity contribution in [2.24, 2.45) is 0 Å². The maximum absolute atomic E-state index is 11.9. The number of aryl methyl sites for hydroxylation is 1. The van der Waals surface area contributed by atoms with Gasteiger partial charge in [-0.15, -0.1) is 0 Å². The van der Waals surface area contributed by atoms with Crippen molar-refractivity contribution in [2.75, 3.05) is 11.9 Å². The summed E-state index contributed by atoms with van der Waals surface area (Å²) in [6, 6.07) is 17.5. The van der Waals surface area contributed by atoms with Crippen molar-refractivity contribution in [1.29, 1.82) is 0 Å². The second kappa shape index (κ2) is 7.34. The van der Waals surface area contributed by atoms with E-state index in [2.05, 4.69) is 5.32 Å². The molecule has 0 atom stereocenters. The lowest BCUT2D eigenvalue weighted by Crippen LogP contribution is -2.12. The van der Waals surface area contributed by atoms with Gasteiger partial charge in [-0.2, -0.15) is 0 Å². The normalized spacial score (nSPS) is 10.1. The third-order valence-corrected chi connectivity index (χ3v) is 2.91. The fraction of sp³-hybridized carbons (Fsp3) is 0.235. The predicted octanol–water partition coefficient (Wildman–Crippen LogP) is 3.66. The predicted molar refractivity (Wildman–Crippen MR) is 81.0 cm³/mol. The monoisotopic (exact) mass is 269 g/mol. The molecule has 20 heavy (non-hydrogen) atoms. The van der Waals surface area contributed by atoms with Gasteiger partial charge in [-0.3, -0.25) is 4.79 Å². The lowest BCUT2D eigenvalue weighted by atomic mass is 10.1. The lowest BCUT2D eigenvalue weighted by Gasteiger charge is -2.08. The van der Waals surface area contributed by atoms with Crippen LogP contribution in [0.1, 0.15) is 18.9 Å². The van der Waals surface area contributed by atoms with E-state index in [-0.39, 0.29) is 5.91 Å². The first-order valence-corrected chi connectivity index (χ1v) is 6.84. The molecule has 2 aromatic rings. The van der Waals surface area contributed by atoms with Gasteiger partial charge < -0.3 is 10.1 Å². The van der Waals surface area contributed by atoms with E-state index in [0.29, 0.717) is 13.0 Å². The minimum absolute atomic E-state index is 0.0162. The standard InChI is InChI=1S/C17H19NO2/c1-2-20-16-10-6-9-15(13-16)18-17(19)12-11-14-7-4-3-5-8-14/h3-10,13H,2,11-12H2,1H3,(H,18,19). The minimum atomic E-state index is 0.0162. The summed E-state index contributed by atoms with van der Waals surface area (Å²) >= 11 is 0. The van der Waals surface area contributed by atoms with E-state index in [9.17, 15) is 4.79 Å². The van der Waals surface area contributed by atoms with Crippen molar-refractivity contribution in [1.82, 2.24) is 0 Å². The second-order valence-corrected chi connectivity index (χ2v) is 4.49. The zero-order valence-electron chi connectivity index (χ0n) is 11.6. The quantitative estimate of drug-likeness (QED) is 0.869. The van der Waals surface area contributed by atoms with E-state index in [1.165, 1.54) is 5.56 Å². The van der Waals surface area contributed by atoms with Crippen molar-refractivity contribution >= 4 is 11.6 Å². The number of carbonyl (C=O) groups excluding carboxylic acids is 1. The first-order valence-electron chi connectivity index (χ1n) is 6.84. The number of hydrogen-bond donors (Lipinski definition) is 1. The maximum atomic E-state index is 11.9. The topological polar surface area (TPSA) is 38.3 Å². The van der Waals surface area contributed by atoms with Crippen LogP contribution in [0, 0.1) is 0 Å². The van der Waals surface area contributed by atoms with Crippen LogP contribution in [0.25, 0.3) is 0 Å². The Morgan fingerprint density at radius 2 is 1.90 bits per heavy atom. The van der Waals surface area contributed by atoms with Gasteiger partial charge in [0, 0.05) is 18.2 Å². The highest BCUT2D eigenvalue weighted by atomic mass is 16.5. The largest absolute Gasteiger partial charge is 0.494 e. The molecule has 0 radical (unpaired) electrons. The second-order valence-electron chi connectivity index (χ2n) is 4.49. The smallest absolute Gasteiger partial charge is 0.224 e. The molecule has 3 nitrogen and oxygen atoms in total. The molecule has 0 saturated carbocycles. The van der Waals surface area contributed by atoms with Crippen molar-refractivity contribution in [3.8, 4) is 5.75 Å². The maximum Gasteiger partial charge on any atom is 0.224 e. The van der Waals surface area contributed by atoms with Gasteiger partial charge in [0.1, 0.15) is 5.75 Å². The molecule has 104 valence electrons. The number of nitrogens with one attached hydrogen (secondary N) is 1. The molecule has 0 bridgehead atoms. The van der Waals surface area contributed by atoms with Crippen molar-refractivity contribution in [2.45, 2.75) is 19.8 Å². The number of hydrogen-bond acceptors (Lipinski definition) is 2. The van der Waals surface area contributed by atoms with Crippen molar-refractivity contribution in [3.05, 3.63) is 60.2 Å². The third-order valence-electron chi connectivity index (χ3n) is 2.91. The van der Waals surface area contributed by atoms with Crippen LogP contribution >= 0.6 is 0 Å². The Hall–Kier alpha value is -2.29. The number of benzene rings is 2. The highest BCUT2D eigenvalue weighted by molar-refractivity contribution is 5.91. The van der Waals surface area contributed by atoms with Crippen LogP contribution in [0.5, 0.6) is 5.75 Å². The first kappa shape index (κ1) is 14.1. The van der Waals surface area contributed by atoms with Crippen LogP contribution in [0.4, 0.5) is 5.69 Å². The van der Waals surface area contributed by atoms with Gasteiger partial charge in [0.05, 0.1) is 6.61 Å². The summed E-state index contributed by atoms with van der Waals surface area (Å²) in [7, 11) is 0. The number of ether oxygens (including phenoxy) is 1. The number of anilines is 1. The fourth-order valence-corrected chi connectivity index (χ4v) is 1.96.